The molecule has 29 heavy (non-hydrogen) atoms. The smallest absolute Gasteiger partial charge is 0.344 e. The Morgan fingerprint density at radius 3 is 2.45 bits per heavy atom. The molecule has 6 heteroatoms. The number of hydrogen-bond acceptors (Lipinski definition) is 3. The zero-order valence-electron chi connectivity index (χ0n) is 16.7. The minimum Gasteiger partial charge on any atom is -0.488 e. The van der Waals surface area contributed by atoms with E-state index in [0.29, 0.717) is 22.8 Å². The largest absolute Gasteiger partial charge is 0.488 e. The Kier molecular flexibility index (Phi) is 6.19. The van der Waals surface area contributed by atoms with Crippen LogP contribution in [0.5, 0.6) is 5.75 Å². The summed E-state index contributed by atoms with van der Waals surface area (Å²) in [6.45, 7) is 10.0. The van der Waals surface area contributed by atoms with Crippen LogP contribution < -0.4 is 20.2 Å². The third-order valence-corrected chi connectivity index (χ3v) is 6.00. The second-order valence-corrected chi connectivity index (χ2v) is 8.04. The number of rotatable bonds is 6. The van der Waals surface area contributed by atoms with Crippen LogP contribution in [0, 0.1) is 0 Å². The molecule has 1 saturated heterocycles. The molecule has 5 nitrogen and oxygen atoms in total. The number of fused-ring (bicyclic) bond motifs is 1. The first-order chi connectivity index (χ1) is 14.1. The minimum atomic E-state index is -0.363. The van der Waals surface area contributed by atoms with Crippen molar-refractivity contribution in [3.8, 4) is 16.9 Å². The molecular formula is C23H27ClN2O3+2. The fourth-order valence-corrected chi connectivity index (χ4v) is 4.01. The molecule has 0 bridgehead atoms. The Balaban J connectivity index is 1.42. The van der Waals surface area contributed by atoms with Gasteiger partial charge in [-0.2, -0.15) is 0 Å². The van der Waals surface area contributed by atoms with E-state index in [1.807, 2.05) is 30.3 Å². The molecule has 2 heterocycles. The van der Waals surface area contributed by atoms with E-state index in [-0.39, 0.29) is 5.63 Å². The van der Waals surface area contributed by atoms with Crippen LogP contribution in [0.15, 0.2) is 57.7 Å². The number of piperazine rings is 1. The van der Waals surface area contributed by atoms with Crippen LogP contribution in [0.25, 0.3) is 22.1 Å². The summed E-state index contributed by atoms with van der Waals surface area (Å²) in [5, 5.41) is 1.50. The molecule has 0 atom stereocenters. The molecule has 1 aliphatic rings. The van der Waals surface area contributed by atoms with Gasteiger partial charge in [0.1, 0.15) is 50.7 Å². The molecular weight excluding hydrogens is 388 g/mol. The second kappa shape index (κ2) is 8.99. The number of quaternary nitrogens is 2. The highest BCUT2D eigenvalue weighted by Crippen LogP contribution is 2.25. The summed E-state index contributed by atoms with van der Waals surface area (Å²) >= 11 is 5.94. The Morgan fingerprint density at radius 1 is 1.00 bits per heavy atom. The lowest BCUT2D eigenvalue weighted by Gasteiger charge is -2.28. The maximum absolute atomic E-state index is 12.5. The van der Waals surface area contributed by atoms with Gasteiger partial charge >= 0.3 is 5.63 Å². The average Bonchev–Trinajstić information content (AvgIpc) is 2.74. The van der Waals surface area contributed by atoms with E-state index in [4.69, 9.17) is 20.8 Å². The first-order valence-electron chi connectivity index (χ1n) is 10.3. The SMILES string of the molecule is CC[NH+]1CC[NH+](CCOc2ccc3cc(-c4ccc(Cl)cc4)c(=O)oc3c2)CC1. The van der Waals surface area contributed by atoms with Crippen LogP contribution in [-0.2, 0) is 0 Å². The molecule has 1 aliphatic heterocycles. The van der Waals surface area contributed by atoms with E-state index in [1.54, 1.807) is 28.0 Å². The van der Waals surface area contributed by atoms with Gasteiger partial charge in [0.25, 0.3) is 0 Å². The van der Waals surface area contributed by atoms with E-state index >= 15 is 0 Å². The zero-order valence-corrected chi connectivity index (χ0v) is 17.4. The standard InChI is InChI=1S/C23H25ClN2O3/c1-2-25-9-11-26(12-10-25)13-14-28-20-8-5-18-15-21(23(27)29-22(18)16-20)17-3-6-19(24)7-4-17/h3-8,15-16H,2,9-14H2,1H3/p+2. The van der Waals surface area contributed by atoms with Crippen LogP contribution in [0.4, 0.5) is 0 Å². The molecule has 0 saturated carbocycles. The van der Waals surface area contributed by atoms with Crippen molar-refractivity contribution < 1.29 is 19.0 Å². The number of hydrogen-bond donors (Lipinski definition) is 2. The van der Waals surface area contributed by atoms with E-state index < -0.39 is 0 Å². The summed E-state index contributed by atoms with van der Waals surface area (Å²) in [5.74, 6) is 0.733. The maximum Gasteiger partial charge on any atom is 0.344 e. The number of likely N-dealkylation sites (N-methyl/N-ethyl adjacent to an activating group) is 1. The second-order valence-electron chi connectivity index (χ2n) is 7.61. The highest BCUT2D eigenvalue weighted by Gasteiger charge is 2.21. The summed E-state index contributed by atoms with van der Waals surface area (Å²) in [6.07, 6.45) is 0. The van der Waals surface area contributed by atoms with Gasteiger partial charge in [0.2, 0.25) is 0 Å². The molecule has 2 N–H and O–H groups in total. The van der Waals surface area contributed by atoms with Crippen LogP contribution in [-0.4, -0.2) is 45.9 Å². The molecule has 3 aromatic rings. The monoisotopic (exact) mass is 414 g/mol. The van der Waals surface area contributed by atoms with Crippen LogP contribution >= 0.6 is 11.6 Å². The average molecular weight is 415 g/mol. The molecule has 1 aromatic heterocycles. The molecule has 0 radical (unpaired) electrons. The Hall–Kier alpha value is -2.34. The fraction of sp³-hybridized carbons (Fsp3) is 0.348. The number of ether oxygens (including phenoxy) is 1. The summed E-state index contributed by atoms with van der Waals surface area (Å²) in [6, 6.07) is 14.7. The van der Waals surface area contributed by atoms with Crippen LogP contribution in [0.3, 0.4) is 0 Å². The summed E-state index contributed by atoms with van der Waals surface area (Å²) < 4.78 is 11.5. The Morgan fingerprint density at radius 2 is 1.72 bits per heavy atom. The molecule has 0 spiro atoms. The van der Waals surface area contributed by atoms with Gasteiger partial charge in [0.15, 0.2) is 0 Å². The lowest BCUT2D eigenvalue weighted by molar-refractivity contribution is -1.01. The van der Waals surface area contributed by atoms with Crippen molar-refractivity contribution in [3.63, 3.8) is 0 Å². The number of benzene rings is 2. The summed E-state index contributed by atoms with van der Waals surface area (Å²) in [4.78, 5) is 15.7. The number of nitrogens with one attached hydrogen (secondary N) is 2. The predicted octanol–water partition coefficient (Wildman–Crippen LogP) is 1.30. The predicted molar refractivity (Wildman–Crippen MR) is 115 cm³/mol. The fourth-order valence-electron chi connectivity index (χ4n) is 3.89. The lowest BCUT2D eigenvalue weighted by Crippen LogP contribution is -3.28. The summed E-state index contributed by atoms with van der Waals surface area (Å²) in [5.41, 5.74) is 1.49. The van der Waals surface area contributed by atoms with Crippen molar-refractivity contribution in [1.29, 1.82) is 0 Å². The van der Waals surface area contributed by atoms with Crippen molar-refractivity contribution in [2.24, 2.45) is 0 Å². The molecule has 0 unspecified atom stereocenters. The van der Waals surface area contributed by atoms with Crippen molar-refractivity contribution in [3.05, 3.63) is 64.0 Å². The quantitative estimate of drug-likeness (QED) is 0.598. The van der Waals surface area contributed by atoms with Crippen LogP contribution in [0.1, 0.15) is 6.92 Å². The van der Waals surface area contributed by atoms with E-state index in [2.05, 4.69) is 6.92 Å². The van der Waals surface area contributed by atoms with Gasteiger partial charge in [-0.25, -0.2) is 4.79 Å². The van der Waals surface area contributed by atoms with E-state index in [9.17, 15) is 4.79 Å². The number of halogens is 1. The first kappa shape index (κ1) is 20.0. The third kappa shape index (κ3) is 4.81. The molecule has 152 valence electrons. The highest BCUT2D eigenvalue weighted by molar-refractivity contribution is 6.30. The van der Waals surface area contributed by atoms with Gasteiger partial charge < -0.3 is 19.0 Å². The minimum absolute atomic E-state index is 0.363. The molecule has 0 amide bonds. The first-order valence-corrected chi connectivity index (χ1v) is 10.6. The highest BCUT2D eigenvalue weighted by atomic mass is 35.5. The van der Waals surface area contributed by atoms with Gasteiger partial charge in [0.05, 0.1) is 12.1 Å². The molecule has 2 aromatic carbocycles. The molecule has 1 fully saturated rings. The van der Waals surface area contributed by atoms with Gasteiger partial charge in [-0.1, -0.05) is 23.7 Å². The van der Waals surface area contributed by atoms with E-state index in [1.165, 1.54) is 32.7 Å². The van der Waals surface area contributed by atoms with Crippen molar-refractivity contribution in [1.82, 2.24) is 0 Å². The zero-order chi connectivity index (χ0) is 20.2. The lowest BCUT2D eigenvalue weighted by atomic mass is 10.1. The Bertz CT molecular complexity index is 1020. The van der Waals surface area contributed by atoms with E-state index in [0.717, 1.165) is 23.2 Å². The topological polar surface area (TPSA) is 48.3 Å². The van der Waals surface area contributed by atoms with Gasteiger partial charge in [-0.3, -0.25) is 0 Å². The normalized spacial score (nSPS) is 19.4. The maximum atomic E-state index is 12.5. The molecule has 0 aliphatic carbocycles. The van der Waals surface area contributed by atoms with Gasteiger partial charge in [-0.15, -0.1) is 0 Å². The van der Waals surface area contributed by atoms with Gasteiger partial charge in [0, 0.05) is 16.5 Å². The Labute approximate surface area is 175 Å². The molecule has 4 rings (SSSR count). The van der Waals surface area contributed by atoms with Crippen molar-refractivity contribution in [2.45, 2.75) is 6.92 Å². The van der Waals surface area contributed by atoms with Gasteiger partial charge in [-0.05, 0) is 42.8 Å². The van der Waals surface area contributed by atoms with Crippen molar-refractivity contribution >= 4 is 22.6 Å². The third-order valence-electron chi connectivity index (χ3n) is 5.75. The summed E-state index contributed by atoms with van der Waals surface area (Å²) in [7, 11) is 0. The van der Waals surface area contributed by atoms with Crippen molar-refractivity contribution in [2.75, 3.05) is 45.9 Å². The van der Waals surface area contributed by atoms with Crippen LogP contribution in [0.2, 0.25) is 5.02 Å².